The van der Waals surface area contributed by atoms with Crippen molar-refractivity contribution >= 4 is 5.91 Å². The zero-order chi connectivity index (χ0) is 29.0. The molecule has 0 spiro atoms. The predicted molar refractivity (Wildman–Crippen MR) is 148 cm³/mol. The maximum atomic E-state index is 10.7. The van der Waals surface area contributed by atoms with E-state index in [0.717, 1.165) is 13.0 Å². The van der Waals surface area contributed by atoms with Crippen LogP contribution in [-0.2, 0) is 56.9 Å². The summed E-state index contributed by atoms with van der Waals surface area (Å²) in [5, 5.41) is 2.66. The van der Waals surface area contributed by atoms with Gasteiger partial charge in [0, 0.05) is 20.1 Å². The molecule has 0 saturated heterocycles. The van der Waals surface area contributed by atoms with Crippen LogP contribution in [0.4, 0.5) is 0 Å². The normalized spacial score (nSPS) is 11.3. The van der Waals surface area contributed by atoms with Crippen molar-refractivity contribution in [2.45, 2.75) is 20.3 Å². The second kappa shape index (κ2) is 36.1. The number of nitrogens with one attached hydrogen (secondary N) is 1. The van der Waals surface area contributed by atoms with Gasteiger partial charge in [-0.25, -0.2) is 0 Å². The number of rotatable bonds is 35. The number of amides is 1. The van der Waals surface area contributed by atoms with Crippen LogP contribution in [0.15, 0.2) is 0 Å². The summed E-state index contributed by atoms with van der Waals surface area (Å²) in [4.78, 5) is 10.7. The molecule has 0 aliphatic carbocycles. The van der Waals surface area contributed by atoms with Crippen molar-refractivity contribution in [2.24, 2.45) is 0 Å². The summed E-state index contributed by atoms with van der Waals surface area (Å²) in [5.41, 5.74) is 0. The molecule has 0 atom stereocenters. The van der Waals surface area contributed by atoms with Crippen LogP contribution in [0.25, 0.3) is 0 Å². The van der Waals surface area contributed by atoms with Gasteiger partial charge in [0.15, 0.2) is 0 Å². The Hall–Kier alpha value is -0.970. The molecule has 0 saturated carbocycles. The lowest BCUT2D eigenvalue weighted by atomic mass is 10.5. The third kappa shape index (κ3) is 37.0. The zero-order valence-corrected chi connectivity index (χ0v) is 24.9. The summed E-state index contributed by atoms with van der Waals surface area (Å²) in [6, 6.07) is 0. The predicted octanol–water partition coefficient (Wildman–Crippen LogP) is 0.715. The molecule has 0 radical (unpaired) electrons. The van der Waals surface area contributed by atoms with E-state index in [0.29, 0.717) is 145 Å². The fourth-order valence-electron chi connectivity index (χ4n) is 2.74. The van der Waals surface area contributed by atoms with E-state index in [9.17, 15) is 4.79 Å². The van der Waals surface area contributed by atoms with E-state index < -0.39 is 0 Å². The van der Waals surface area contributed by atoms with Crippen LogP contribution in [0.2, 0.25) is 0 Å². The zero-order valence-electron chi connectivity index (χ0n) is 24.9. The quantitative estimate of drug-likeness (QED) is 0.105. The van der Waals surface area contributed by atoms with Gasteiger partial charge in [0.25, 0.3) is 0 Å². The van der Waals surface area contributed by atoms with Gasteiger partial charge in [0.2, 0.25) is 5.91 Å². The van der Waals surface area contributed by atoms with Crippen molar-refractivity contribution in [1.82, 2.24) is 5.32 Å². The summed E-state index contributed by atoms with van der Waals surface area (Å²) in [5.74, 6) is -0.0598. The average molecular weight is 586 g/mol. The molecular formula is C27H55NO12. The smallest absolute Gasteiger partial charge is 0.216 e. The molecule has 0 aliphatic heterocycles. The van der Waals surface area contributed by atoms with E-state index in [1.165, 1.54) is 6.92 Å². The van der Waals surface area contributed by atoms with Gasteiger partial charge in [-0.3, -0.25) is 4.79 Å². The highest BCUT2D eigenvalue weighted by atomic mass is 16.6. The molecule has 0 heterocycles. The molecule has 40 heavy (non-hydrogen) atoms. The minimum absolute atomic E-state index is 0.0598. The standard InChI is InChI=1S/C27H55NO12/c1-3-5-30-7-9-32-11-13-34-15-17-36-19-21-38-23-25-40-26-24-39-22-20-37-18-16-35-14-12-33-10-8-31-6-4-28-27(2)29/h3-26H2,1-2H3,(H,28,29). The molecule has 0 unspecified atom stereocenters. The molecule has 0 bridgehead atoms. The van der Waals surface area contributed by atoms with E-state index in [4.69, 9.17) is 52.1 Å². The van der Waals surface area contributed by atoms with Crippen LogP contribution in [0.1, 0.15) is 20.3 Å². The maximum Gasteiger partial charge on any atom is 0.216 e. The number of ether oxygens (including phenoxy) is 11. The Morgan fingerprint density at radius 3 is 0.775 bits per heavy atom. The molecule has 0 aromatic heterocycles. The maximum absolute atomic E-state index is 10.7. The Morgan fingerprint density at radius 2 is 0.575 bits per heavy atom. The summed E-state index contributed by atoms with van der Waals surface area (Å²) < 4.78 is 59.5. The molecule has 240 valence electrons. The number of carbonyl (C=O) groups is 1. The Balaban J connectivity index is 3.03. The fraction of sp³-hybridized carbons (Fsp3) is 0.963. The van der Waals surface area contributed by atoms with Crippen molar-refractivity contribution in [1.29, 1.82) is 0 Å². The van der Waals surface area contributed by atoms with Crippen LogP contribution in [-0.4, -0.2) is 158 Å². The first-order valence-electron chi connectivity index (χ1n) is 14.4. The molecular weight excluding hydrogens is 530 g/mol. The summed E-state index contributed by atoms with van der Waals surface area (Å²) in [6.45, 7) is 15.8. The van der Waals surface area contributed by atoms with Gasteiger partial charge in [-0.2, -0.15) is 0 Å². The second-order valence-corrected chi connectivity index (χ2v) is 8.22. The van der Waals surface area contributed by atoms with Gasteiger partial charge < -0.3 is 57.4 Å². The minimum atomic E-state index is -0.0598. The van der Waals surface area contributed by atoms with Crippen LogP contribution in [0, 0.1) is 0 Å². The Bertz CT molecular complexity index is 490. The lowest BCUT2D eigenvalue weighted by Crippen LogP contribution is -2.25. The Kier molecular flexibility index (Phi) is 35.2. The molecule has 1 N–H and O–H groups in total. The van der Waals surface area contributed by atoms with E-state index in [-0.39, 0.29) is 5.91 Å². The van der Waals surface area contributed by atoms with E-state index in [1.807, 2.05) is 0 Å². The van der Waals surface area contributed by atoms with Crippen LogP contribution >= 0.6 is 0 Å². The van der Waals surface area contributed by atoms with Crippen LogP contribution in [0.3, 0.4) is 0 Å². The number of hydrogen-bond donors (Lipinski definition) is 1. The van der Waals surface area contributed by atoms with Gasteiger partial charge in [-0.1, -0.05) is 6.92 Å². The first-order chi connectivity index (χ1) is 19.8. The SMILES string of the molecule is CCCOCCOCCOCCOCCOCCOCCOCCOCCOCCOCCOCCNC(C)=O. The van der Waals surface area contributed by atoms with Crippen LogP contribution < -0.4 is 5.32 Å². The second-order valence-electron chi connectivity index (χ2n) is 8.22. The van der Waals surface area contributed by atoms with Crippen molar-refractivity contribution in [3.8, 4) is 0 Å². The van der Waals surface area contributed by atoms with Crippen molar-refractivity contribution in [3.63, 3.8) is 0 Å². The molecule has 13 nitrogen and oxygen atoms in total. The van der Waals surface area contributed by atoms with Gasteiger partial charge in [0.05, 0.1) is 139 Å². The van der Waals surface area contributed by atoms with Gasteiger partial charge in [-0.05, 0) is 6.42 Å². The highest BCUT2D eigenvalue weighted by Crippen LogP contribution is 1.87. The summed E-state index contributed by atoms with van der Waals surface area (Å²) in [6.07, 6.45) is 1.02. The number of hydrogen-bond acceptors (Lipinski definition) is 12. The minimum Gasteiger partial charge on any atom is -0.379 e. The monoisotopic (exact) mass is 585 g/mol. The molecule has 0 aromatic rings. The number of carbonyl (C=O) groups excluding carboxylic acids is 1. The highest BCUT2D eigenvalue weighted by molar-refractivity contribution is 5.72. The Morgan fingerprint density at radius 1 is 0.375 bits per heavy atom. The lowest BCUT2D eigenvalue weighted by molar-refractivity contribution is -0.119. The lowest BCUT2D eigenvalue weighted by Gasteiger charge is -2.09. The average Bonchev–Trinajstić information content (AvgIpc) is 2.95. The topological polar surface area (TPSA) is 131 Å². The van der Waals surface area contributed by atoms with Gasteiger partial charge in [0.1, 0.15) is 0 Å². The first-order valence-corrected chi connectivity index (χ1v) is 14.4. The Labute approximate surface area is 240 Å². The molecule has 0 rings (SSSR count). The van der Waals surface area contributed by atoms with Crippen molar-refractivity contribution in [3.05, 3.63) is 0 Å². The molecule has 0 fully saturated rings. The van der Waals surface area contributed by atoms with E-state index in [2.05, 4.69) is 12.2 Å². The third-order valence-corrected chi connectivity index (χ3v) is 4.69. The fourth-order valence-corrected chi connectivity index (χ4v) is 2.74. The third-order valence-electron chi connectivity index (χ3n) is 4.69. The van der Waals surface area contributed by atoms with Gasteiger partial charge >= 0.3 is 0 Å². The summed E-state index contributed by atoms with van der Waals surface area (Å²) in [7, 11) is 0. The molecule has 0 aliphatic rings. The van der Waals surface area contributed by atoms with Crippen molar-refractivity contribution in [2.75, 3.05) is 152 Å². The van der Waals surface area contributed by atoms with Crippen LogP contribution in [0.5, 0.6) is 0 Å². The van der Waals surface area contributed by atoms with Gasteiger partial charge in [-0.15, -0.1) is 0 Å². The first kappa shape index (κ1) is 39.0. The van der Waals surface area contributed by atoms with Crippen molar-refractivity contribution < 1.29 is 56.9 Å². The van der Waals surface area contributed by atoms with E-state index in [1.54, 1.807) is 0 Å². The van der Waals surface area contributed by atoms with E-state index >= 15 is 0 Å². The highest BCUT2D eigenvalue weighted by Gasteiger charge is 1.96. The molecule has 1 amide bonds. The largest absolute Gasteiger partial charge is 0.379 e. The molecule has 0 aromatic carbocycles. The molecule has 13 heteroatoms. The summed E-state index contributed by atoms with van der Waals surface area (Å²) >= 11 is 0.